The molecule has 0 saturated carbocycles. The maximum Gasteiger partial charge on any atom is 1.00 e. The van der Waals surface area contributed by atoms with E-state index in [4.69, 9.17) is 40.4 Å². The number of hydrogen-bond donors (Lipinski definition) is 4. The number of carboxylic acid groups (broad SMARTS) is 1. The van der Waals surface area contributed by atoms with Crippen molar-refractivity contribution < 1.29 is 33.6 Å². The van der Waals surface area contributed by atoms with Crippen LogP contribution in [0.2, 0.25) is 10.0 Å². The normalized spacial score (nSPS) is 17.9. The molecule has 4 aliphatic rings. The first-order valence-corrected chi connectivity index (χ1v) is 23.9. The molecule has 2 aliphatic heterocycles. The number of thiophene rings is 2. The van der Waals surface area contributed by atoms with Crippen LogP contribution in [-0.4, -0.2) is 94.0 Å². The number of anilines is 4. The van der Waals surface area contributed by atoms with Crippen LogP contribution >= 0.6 is 45.9 Å². The number of nitrogen functional groups attached to an aromatic ring is 2. The number of nitrogens with zero attached hydrogens (tertiary/aromatic N) is 8. The number of nitrogens with two attached hydrogens (primary N) is 3. The van der Waals surface area contributed by atoms with E-state index < -0.39 is 5.97 Å². The van der Waals surface area contributed by atoms with Gasteiger partial charge in [-0.05, 0) is 96.5 Å². The molecule has 66 heavy (non-hydrogen) atoms. The van der Waals surface area contributed by atoms with Gasteiger partial charge in [-0.1, -0.05) is 23.2 Å². The van der Waals surface area contributed by atoms with Gasteiger partial charge in [0, 0.05) is 130 Å². The average Bonchev–Trinajstić information content (AvgIpc) is 4.12. The average molecular weight is 962 g/mol. The summed E-state index contributed by atoms with van der Waals surface area (Å²) in [5.41, 5.74) is 24.3. The van der Waals surface area contributed by atoms with Gasteiger partial charge in [-0.15, -0.1) is 22.7 Å². The van der Waals surface area contributed by atoms with Gasteiger partial charge in [0.15, 0.2) is 0 Å². The fourth-order valence-electron chi connectivity index (χ4n) is 8.63. The Kier molecular flexibility index (Phi) is 17.0. The van der Waals surface area contributed by atoms with Gasteiger partial charge in [-0.25, -0.2) is 9.97 Å². The van der Waals surface area contributed by atoms with Crippen molar-refractivity contribution in [2.45, 2.75) is 50.9 Å². The van der Waals surface area contributed by atoms with Crippen molar-refractivity contribution in [3.63, 3.8) is 0 Å². The van der Waals surface area contributed by atoms with Crippen molar-refractivity contribution in [1.82, 2.24) is 35.1 Å². The Hall–Kier alpha value is -4.80. The molecule has 2 aliphatic carbocycles. The molecule has 7 N–H and O–H groups in total. The summed E-state index contributed by atoms with van der Waals surface area (Å²) in [6.45, 7) is 8.95. The zero-order chi connectivity index (χ0) is 45.5. The van der Waals surface area contributed by atoms with E-state index in [0.29, 0.717) is 33.1 Å². The Balaban J connectivity index is 0.000000164. The Morgan fingerprint density at radius 2 is 1.12 bits per heavy atom. The van der Waals surface area contributed by atoms with Crippen LogP contribution in [0.25, 0.3) is 0 Å². The molecule has 8 heterocycles. The molecule has 0 bridgehead atoms. The number of aromatic nitrogens is 4. The second kappa shape index (κ2) is 22.8. The summed E-state index contributed by atoms with van der Waals surface area (Å²) >= 11 is 15.3. The van der Waals surface area contributed by atoms with E-state index in [9.17, 15) is 14.7 Å². The van der Waals surface area contributed by atoms with Gasteiger partial charge >= 0.3 is 18.9 Å². The number of pyridine rings is 4. The number of nitrogens with one attached hydrogen (secondary N) is 1. The van der Waals surface area contributed by atoms with Crippen molar-refractivity contribution in [2.75, 3.05) is 73.6 Å². The number of halogens is 2. The number of fused-ring (bicyclic) bond motifs is 2. The molecule has 2 saturated heterocycles. The quantitative estimate of drug-likeness (QED) is 0.154. The van der Waals surface area contributed by atoms with Gasteiger partial charge in [0.25, 0.3) is 5.91 Å². The van der Waals surface area contributed by atoms with Crippen LogP contribution in [0, 0.1) is 0 Å². The minimum atomic E-state index is -1.17. The maximum absolute atomic E-state index is 12.9. The molecule has 0 radical (unpaired) electrons. The molecular formula is C46H51Cl2LiN12O3S2. The molecule has 0 spiro atoms. The Morgan fingerprint density at radius 3 is 1.61 bits per heavy atom. The number of hydrogen-bond acceptors (Lipinski definition) is 16. The molecule has 15 nitrogen and oxygen atoms in total. The van der Waals surface area contributed by atoms with Gasteiger partial charge in [0.05, 0.1) is 31.8 Å². The zero-order valence-corrected chi connectivity index (χ0v) is 39.9. The van der Waals surface area contributed by atoms with Crippen LogP contribution in [0.5, 0.6) is 0 Å². The molecule has 2 atom stereocenters. The molecule has 0 unspecified atom stereocenters. The van der Waals surface area contributed by atoms with E-state index in [-0.39, 0.29) is 41.7 Å². The molecule has 0 aromatic carbocycles. The topological polar surface area (TPSA) is 212 Å². The molecule has 340 valence electrons. The van der Waals surface area contributed by atoms with Gasteiger partial charge in [0.2, 0.25) is 0 Å². The summed E-state index contributed by atoms with van der Waals surface area (Å²) in [5, 5.41) is 15.2. The van der Waals surface area contributed by atoms with Crippen LogP contribution in [0.4, 0.5) is 23.0 Å². The van der Waals surface area contributed by atoms with E-state index in [1.165, 1.54) is 45.7 Å². The SMILES string of the molecule is Nc1nccc2c1CC[C@H]2N.Nc1nccc2c1CC[C@H]2NC(=O)c1cc(Cl)c(CN2CCN(c3ccncc3)CC2)s1.O=C([O-])c1cc(Cl)c(CN2CCN(c3ccncc3)CC2)s1.[Li+]. The Bertz CT molecular complexity index is 2570. The predicted molar refractivity (Wildman–Crippen MR) is 258 cm³/mol. The summed E-state index contributed by atoms with van der Waals surface area (Å²) in [4.78, 5) is 52.2. The summed E-state index contributed by atoms with van der Waals surface area (Å²) in [6.07, 6.45) is 14.3. The summed E-state index contributed by atoms with van der Waals surface area (Å²) < 4.78 is 0. The van der Waals surface area contributed by atoms with Gasteiger partial charge in [0.1, 0.15) is 11.6 Å². The standard InChI is InChI=1S/C23H25ClN6OS.C15H16ClN3O2S.C8H11N3.Li/c24-18-13-20(23(31)28-19-2-1-17-16(19)5-8-27-22(17)25)32-21(18)14-29-9-11-30(12-10-29)15-3-6-26-7-4-15;16-12-9-13(15(20)21)22-14(12)10-18-5-7-19(8-6-18)11-1-3-17-4-2-11;9-7-2-1-6-5(7)3-4-11-8(6)10;/h3-8,13,19H,1-2,9-12,14H2,(H2,25,27)(H,28,31);1-4,9H,5-8,10H2,(H,20,21);3-4,7H,1-2,9H2,(H2,10,11);/q;;;+1/p-1/t19-;;7-;/m1.1./s1. The van der Waals surface area contributed by atoms with Crippen LogP contribution in [0.15, 0.2) is 85.7 Å². The van der Waals surface area contributed by atoms with E-state index >= 15 is 0 Å². The predicted octanol–water partition coefficient (Wildman–Crippen LogP) is 2.61. The summed E-state index contributed by atoms with van der Waals surface area (Å²) in [5.74, 6) is -0.0419. The van der Waals surface area contributed by atoms with Crippen LogP contribution < -0.4 is 56.3 Å². The van der Waals surface area contributed by atoms with E-state index in [1.54, 1.807) is 30.9 Å². The van der Waals surface area contributed by atoms with Crippen molar-refractivity contribution in [1.29, 1.82) is 0 Å². The van der Waals surface area contributed by atoms with Crippen LogP contribution in [0.3, 0.4) is 0 Å². The number of carbonyl (C=O) groups is 2. The van der Waals surface area contributed by atoms with Crippen molar-refractivity contribution in [3.05, 3.63) is 138 Å². The number of carboxylic acids is 1. The van der Waals surface area contributed by atoms with Gasteiger partial charge in [-0.2, -0.15) is 0 Å². The maximum atomic E-state index is 12.9. The van der Waals surface area contributed by atoms with E-state index in [2.05, 4.69) is 44.9 Å². The van der Waals surface area contributed by atoms with Gasteiger partial charge < -0.3 is 42.2 Å². The fourth-order valence-corrected chi connectivity index (χ4v) is 11.3. The first-order valence-electron chi connectivity index (χ1n) is 21.6. The monoisotopic (exact) mass is 960 g/mol. The number of carbonyl (C=O) groups excluding carboxylic acids is 2. The number of amides is 1. The van der Waals surface area contributed by atoms with Crippen molar-refractivity contribution in [3.8, 4) is 0 Å². The van der Waals surface area contributed by atoms with Gasteiger partial charge in [-0.3, -0.25) is 24.6 Å². The summed E-state index contributed by atoms with van der Waals surface area (Å²) in [6, 6.07) is 15.4. The van der Waals surface area contributed by atoms with Crippen LogP contribution in [-0.2, 0) is 25.9 Å². The third kappa shape index (κ3) is 12.0. The van der Waals surface area contributed by atoms with Crippen molar-refractivity contribution in [2.24, 2.45) is 5.73 Å². The molecule has 10 rings (SSSR count). The minimum absolute atomic E-state index is 0. The molecule has 1 amide bonds. The zero-order valence-electron chi connectivity index (χ0n) is 36.7. The molecule has 6 aromatic heterocycles. The third-order valence-electron chi connectivity index (χ3n) is 12.2. The first-order chi connectivity index (χ1) is 31.5. The van der Waals surface area contributed by atoms with Crippen molar-refractivity contribution >= 4 is 80.8 Å². The second-order valence-electron chi connectivity index (χ2n) is 16.2. The second-order valence-corrected chi connectivity index (χ2v) is 19.3. The summed E-state index contributed by atoms with van der Waals surface area (Å²) in [7, 11) is 0. The molecule has 2 fully saturated rings. The smallest absolute Gasteiger partial charge is 0.544 e. The minimum Gasteiger partial charge on any atom is -0.544 e. The number of piperazine rings is 2. The largest absolute Gasteiger partial charge is 1.00 e. The number of aromatic carboxylic acids is 1. The first kappa shape index (κ1) is 49.1. The molecular weight excluding hydrogens is 911 g/mol. The Morgan fingerprint density at radius 1 is 0.667 bits per heavy atom. The third-order valence-corrected chi connectivity index (χ3v) is 15.3. The van der Waals surface area contributed by atoms with Crippen LogP contribution in [0.1, 0.15) is 76.3 Å². The van der Waals surface area contributed by atoms with E-state index in [1.807, 2.05) is 48.8 Å². The van der Waals surface area contributed by atoms with E-state index in [0.717, 1.165) is 111 Å². The number of rotatable bonds is 9. The Labute approximate surface area is 414 Å². The molecule has 6 aromatic rings. The molecule has 20 heteroatoms. The fraction of sp³-hybridized carbons (Fsp3) is 0.348.